The van der Waals surface area contributed by atoms with Gasteiger partial charge in [0.25, 0.3) is 5.91 Å². The molecular weight excluding hydrogens is 448 g/mol. The molecule has 0 aliphatic carbocycles. The molecule has 2 heterocycles. The van der Waals surface area contributed by atoms with E-state index in [-0.39, 0.29) is 23.2 Å². The van der Waals surface area contributed by atoms with Crippen LogP contribution in [0.25, 0.3) is 0 Å². The van der Waals surface area contributed by atoms with Crippen molar-refractivity contribution in [1.82, 2.24) is 9.21 Å². The second kappa shape index (κ2) is 9.72. The van der Waals surface area contributed by atoms with Crippen molar-refractivity contribution in [3.05, 3.63) is 51.7 Å². The van der Waals surface area contributed by atoms with E-state index in [1.807, 2.05) is 32.2 Å². The van der Waals surface area contributed by atoms with Crippen LogP contribution in [0.15, 0.2) is 40.6 Å². The molecule has 0 atom stereocenters. The molecule has 1 aromatic carbocycles. The minimum absolute atomic E-state index is 0.115. The number of benzene rings is 1. The van der Waals surface area contributed by atoms with E-state index in [1.165, 1.54) is 26.2 Å². The Morgan fingerprint density at radius 2 is 1.97 bits per heavy atom. The maximum Gasteiger partial charge on any atom is 0.306 e. The summed E-state index contributed by atoms with van der Waals surface area (Å²) < 4.78 is 33.1. The average molecular weight is 479 g/mol. The predicted molar refractivity (Wildman–Crippen MR) is 124 cm³/mol. The van der Waals surface area contributed by atoms with E-state index in [0.717, 1.165) is 5.56 Å². The summed E-state index contributed by atoms with van der Waals surface area (Å²) in [4.78, 5) is 27.5. The molecule has 32 heavy (non-hydrogen) atoms. The highest BCUT2D eigenvalue weighted by atomic mass is 32.2. The van der Waals surface area contributed by atoms with Crippen molar-refractivity contribution in [2.75, 3.05) is 20.1 Å². The maximum absolute atomic E-state index is 13.2. The molecule has 174 valence electrons. The highest BCUT2D eigenvalue weighted by Gasteiger charge is 2.29. The predicted octanol–water partition coefficient (Wildman–Crippen LogP) is 3.69. The Bertz CT molecular complexity index is 1090. The van der Waals surface area contributed by atoms with Crippen molar-refractivity contribution in [2.45, 2.75) is 57.1 Å². The van der Waals surface area contributed by atoms with Gasteiger partial charge in [0.1, 0.15) is 5.60 Å². The lowest BCUT2D eigenvalue weighted by Crippen LogP contribution is -2.35. The van der Waals surface area contributed by atoms with Gasteiger partial charge in [-0.05, 0) is 68.8 Å². The number of fused-ring (bicyclic) bond motifs is 1. The highest BCUT2D eigenvalue weighted by Crippen LogP contribution is 2.28. The minimum atomic E-state index is -3.70. The zero-order valence-electron chi connectivity index (χ0n) is 19.0. The molecule has 1 aromatic heterocycles. The van der Waals surface area contributed by atoms with Gasteiger partial charge in [-0.1, -0.05) is 6.07 Å². The molecule has 1 amide bonds. The molecule has 0 bridgehead atoms. The standard InChI is InChI=1S/C23H30N2O5S2/c1-23(2,3)30-21(26)9-6-12-24(4)22(27)17-7-5-8-19(15-17)32(28,29)25-13-10-20-18(16-25)11-14-31-20/h5,7-8,11,14-15H,6,9-10,12-13,16H2,1-4H3. The van der Waals surface area contributed by atoms with E-state index >= 15 is 0 Å². The molecule has 2 aromatic rings. The summed E-state index contributed by atoms with van der Waals surface area (Å²) in [5.41, 5.74) is 0.810. The fourth-order valence-electron chi connectivity index (χ4n) is 3.54. The Hall–Kier alpha value is -2.23. The molecule has 0 radical (unpaired) electrons. The molecule has 1 aliphatic rings. The van der Waals surface area contributed by atoms with Crippen LogP contribution in [0.3, 0.4) is 0 Å². The van der Waals surface area contributed by atoms with Gasteiger partial charge < -0.3 is 9.64 Å². The number of hydrogen-bond donors (Lipinski definition) is 0. The smallest absolute Gasteiger partial charge is 0.306 e. The van der Waals surface area contributed by atoms with Crippen molar-refractivity contribution in [2.24, 2.45) is 0 Å². The first-order valence-corrected chi connectivity index (χ1v) is 12.9. The molecule has 1 aliphatic heterocycles. The third-order valence-electron chi connectivity index (χ3n) is 5.13. The van der Waals surface area contributed by atoms with E-state index < -0.39 is 15.6 Å². The second-order valence-electron chi connectivity index (χ2n) is 8.90. The number of carbonyl (C=O) groups excluding carboxylic acids is 2. The Morgan fingerprint density at radius 3 is 2.69 bits per heavy atom. The first kappa shape index (κ1) is 24.4. The molecule has 0 saturated carbocycles. The lowest BCUT2D eigenvalue weighted by molar-refractivity contribution is -0.154. The summed E-state index contributed by atoms with van der Waals surface area (Å²) in [6.45, 7) is 6.57. The number of thiophene rings is 1. The van der Waals surface area contributed by atoms with Crippen molar-refractivity contribution >= 4 is 33.2 Å². The van der Waals surface area contributed by atoms with E-state index in [1.54, 1.807) is 30.5 Å². The first-order chi connectivity index (χ1) is 15.0. The zero-order valence-corrected chi connectivity index (χ0v) is 20.6. The van der Waals surface area contributed by atoms with E-state index in [4.69, 9.17) is 4.74 Å². The molecule has 0 spiro atoms. The van der Waals surface area contributed by atoms with Gasteiger partial charge in [0, 0.05) is 43.5 Å². The fourth-order valence-corrected chi connectivity index (χ4v) is 5.90. The van der Waals surface area contributed by atoms with Gasteiger partial charge in [-0.2, -0.15) is 4.31 Å². The number of ether oxygens (including phenoxy) is 1. The Kier molecular flexibility index (Phi) is 7.42. The summed E-state index contributed by atoms with van der Waals surface area (Å²) in [7, 11) is -2.06. The van der Waals surface area contributed by atoms with Gasteiger partial charge >= 0.3 is 5.97 Å². The van der Waals surface area contributed by atoms with Crippen LogP contribution in [-0.4, -0.2) is 55.2 Å². The van der Waals surface area contributed by atoms with Crippen LogP contribution >= 0.6 is 11.3 Å². The first-order valence-electron chi connectivity index (χ1n) is 10.6. The maximum atomic E-state index is 13.2. The van der Waals surface area contributed by atoms with Crippen LogP contribution < -0.4 is 0 Å². The third-order valence-corrected chi connectivity index (χ3v) is 8.00. The fraction of sp³-hybridized carbons (Fsp3) is 0.478. The zero-order chi connectivity index (χ0) is 23.5. The topological polar surface area (TPSA) is 84.0 Å². The molecule has 0 N–H and O–H groups in total. The van der Waals surface area contributed by atoms with Crippen LogP contribution in [0, 0.1) is 0 Å². The molecular formula is C23H30N2O5S2. The van der Waals surface area contributed by atoms with Gasteiger partial charge in [0.15, 0.2) is 0 Å². The molecule has 0 fully saturated rings. The van der Waals surface area contributed by atoms with Gasteiger partial charge in [-0.3, -0.25) is 9.59 Å². The Morgan fingerprint density at radius 1 is 1.22 bits per heavy atom. The van der Waals surface area contributed by atoms with Crippen molar-refractivity contribution in [3.8, 4) is 0 Å². The number of hydrogen-bond acceptors (Lipinski definition) is 6. The largest absolute Gasteiger partial charge is 0.460 e. The minimum Gasteiger partial charge on any atom is -0.460 e. The van der Waals surface area contributed by atoms with E-state index in [2.05, 4.69) is 0 Å². The average Bonchev–Trinajstić information content (AvgIpc) is 3.19. The highest BCUT2D eigenvalue weighted by molar-refractivity contribution is 7.89. The number of esters is 1. The summed E-state index contributed by atoms with van der Waals surface area (Å²) in [6, 6.07) is 8.13. The van der Waals surface area contributed by atoms with Crippen LogP contribution in [-0.2, 0) is 32.5 Å². The molecule has 7 nitrogen and oxygen atoms in total. The number of carbonyl (C=O) groups is 2. The van der Waals surface area contributed by atoms with Gasteiger partial charge in [0.05, 0.1) is 4.90 Å². The van der Waals surface area contributed by atoms with Gasteiger partial charge in [-0.25, -0.2) is 8.42 Å². The van der Waals surface area contributed by atoms with Crippen LogP contribution in [0.4, 0.5) is 0 Å². The second-order valence-corrected chi connectivity index (χ2v) is 11.8. The summed E-state index contributed by atoms with van der Waals surface area (Å²) in [5, 5.41) is 1.98. The van der Waals surface area contributed by atoms with E-state index in [9.17, 15) is 18.0 Å². The van der Waals surface area contributed by atoms with Gasteiger partial charge in [-0.15, -0.1) is 11.3 Å². The molecule has 3 rings (SSSR count). The third kappa shape index (κ3) is 5.96. The molecule has 0 unspecified atom stereocenters. The number of sulfonamides is 1. The van der Waals surface area contributed by atoms with E-state index in [0.29, 0.717) is 38.0 Å². The monoisotopic (exact) mass is 478 g/mol. The molecule has 0 saturated heterocycles. The van der Waals surface area contributed by atoms with Crippen molar-refractivity contribution in [1.29, 1.82) is 0 Å². The lowest BCUT2D eigenvalue weighted by atomic mass is 10.1. The Balaban J connectivity index is 1.63. The summed E-state index contributed by atoms with van der Waals surface area (Å²) in [6.07, 6.45) is 1.37. The van der Waals surface area contributed by atoms with Crippen LogP contribution in [0.5, 0.6) is 0 Å². The van der Waals surface area contributed by atoms with Crippen LogP contribution in [0.1, 0.15) is 54.4 Å². The SMILES string of the molecule is CN(CCCC(=O)OC(C)(C)C)C(=O)c1cccc(S(=O)(=O)N2CCc3sccc3C2)c1. The van der Waals surface area contributed by atoms with Crippen molar-refractivity contribution in [3.63, 3.8) is 0 Å². The molecule has 9 heteroatoms. The number of rotatable bonds is 7. The lowest BCUT2D eigenvalue weighted by Gasteiger charge is -2.26. The summed E-state index contributed by atoms with van der Waals surface area (Å²) >= 11 is 1.65. The normalized spacial score (nSPS) is 14.6. The van der Waals surface area contributed by atoms with Crippen molar-refractivity contribution < 1.29 is 22.7 Å². The quantitative estimate of drug-likeness (QED) is 0.567. The Labute approximate surface area is 194 Å². The van der Waals surface area contributed by atoms with Crippen LogP contribution in [0.2, 0.25) is 0 Å². The number of amides is 1. The van der Waals surface area contributed by atoms with Gasteiger partial charge in [0.2, 0.25) is 10.0 Å². The summed E-state index contributed by atoms with van der Waals surface area (Å²) in [5.74, 6) is -0.591. The number of nitrogens with zero attached hydrogens (tertiary/aromatic N) is 2.